The van der Waals surface area contributed by atoms with Crippen molar-refractivity contribution in [2.45, 2.75) is 66.7 Å². The van der Waals surface area contributed by atoms with Crippen LogP contribution in [0, 0.1) is 0 Å². The average Bonchev–Trinajstić information content (AvgIpc) is 2.39. The molecule has 2 heteroatoms. The number of nitrogen functional groups attached to an aromatic ring is 1. The molecule has 0 saturated heterocycles. The van der Waals surface area contributed by atoms with Crippen molar-refractivity contribution < 1.29 is 0 Å². The molecule has 0 unspecified atom stereocenters. The molecular formula is C17H28N2. The third-order valence-corrected chi connectivity index (χ3v) is 3.64. The third-order valence-electron chi connectivity index (χ3n) is 3.64. The van der Waals surface area contributed by atoms with Gasteiger partial charge >= 0.3 is 0 Å². The number of benzene rings is 1. The lowest BCUT2D eigenvalue weighted by Crippen LogP contribution is -2.03. The average molecular weight is 260 g/mol. The van der Waals surface area contributed by atoms with E-state index < -0.39 is 0 Å². The fourth-order valence-electron chi connectivity index (χ4n) is 2.54. The van der Waals surface area contributed by atoms with E-state index in [-0.39, 0.29) is 0 Å². The van der Waals surface area contributed by atoms with Crippen LogP contribution in [-0.4, -0.2) is 5.71 Å². The van der Waals surface area contributed by atoms with Gasteiger partial charge < -0.3 is 5.73 Å². The molecule has 0 spiro atoms. The van der Waals surface area contributed by atoms with Crippen LogP contribution < -0.4 is 5.73 Å². The van der Waals surface area contributed by atoms with E-state index in [1.807, 2.05) is 0 Å². The molecule has 0 aliphatic heterocycles. The van der Waals surface area contributed by atoms with E-state index in [1.54, 1.807) is 0 Å². The summed E-state index contributed by atoms with van der Waals surface area (Å²) in [5.74, 6) is 0. The summed E-state index contributed by atoms with van der Waals surface area (Å²) in [6.45, 7) is 10.8. The zero-order valence-electron chi connectivity index (χ0n) is 13.1. The topological polar surface area (TPSA) is 38.4 Å². The molecule has 19 heavy (non-hydrogen) atoms. The van der Waals surface area contributed by atoms with Gasteiger partial charge in [-0.3, -0.25) is 4.99 Å². The van der Waals surface area contributed by atoms with Crippen molar-refractivity contribution in [2.24, 2.45) is 4.99 Å². The minimum absolute atomic E-state index is 0.949. The Bertz CT molecular complexity index is 459. The van der Waals surface area contributed by atoms with Gasteiger partial charge in [0, 0.05) is 17.0 Å². The van der Waals surface area contributed by atoms with Crippen LogP contribution in [0.2, 0.25) is 0 Å². The highest BCUT2D eigenvalue weighted by molar-refractivity contribution is 5.86. The molecule has 0 aliphatic rings. The molecule has 0 bridgehead atoms. The Morgan fingerprint density at radius 3 is 2.16 bits per heavy atom. The van der Waals surface area contributed by atoms with Gasteiger partial charge in [-0.25, -0.2) is 0 Å². The number of rotatable bonds is 6. The standard InChI is InChI=1S/C17H28N2/c1-6-10-12(5)19-17-14(8-3)11-13(7-2)16(18)15(17)9-4/h11H,6-10,18H2,1-5H3. The maximum absolute atomic E-state index is 6.31. The zero-order chi connectivity index (χ0) is 14.4. The van der Waals surface area contributed by atoms with Crippen molar-refractivity contribution in [1.82, 2.24) is 0 Å². The zero-order valence-corrected chi connectivity index (χ0v) is 13.1. The van der Waals surface area contributed by atoms with Crippen molar-refractivity contribution in [3.8, 4) is 0 Å². The van der Waals surface area contributed by atoms with Crippen LogP contribution in [0.15, 0.2) is 11.1 Å². The van der Waals surface area contributed by atoms with Gasteiger partial charge in [0.2, 0.25) is 0 Å². The van der Waals surface area contributed by atoms with Gasteiger partial charge in [-0.05, 0) is 43.7 Å². The monoisotopic (exact) mass is 260 g/mol. The molecule has 0 aliphatic carbocycles. The van der Waals surface area contributed by atoms with Crippen molar-refractivity contribution in [3.05, 3.63) is 22.8 Å². The minimum atomic E-state index is 0.949. The number of aryl methyl sites for hydroxylation is 2. The summed E-state index contributed by atoms with van der Waals surface area (Å²) in [6, 6.07) is 2.24. The second kappa shape index (κ2) is 7.32. The van der Waals surface area contributed by atoms with Crippen LogP contribution >= 0.6 is 0 Å². The Kier molecular flexibility index (Phi) is 6.07. The largest absolute Gasteiger partial charge is 0.398 e. The first-order valence-corrected chi connectivity index (χ1v) is 7.56. The van der Waals surface area contributed by atoms with Crippen LogP contribution in [0.3, 0.4) is 0 Å². The highest BCUT2D eigenvalue weighted by Crippen LogP contribution is 2.34. The molecule has 1 rings (SSSR count). The van der Waals surface area contributed by atoms with E-state index in [0.717, 1.165) is 43.5 Å². The minimum Gasteiger partial charge on any atom is -0.398 e. The first-order chi connectivity index (χ1) is 9.08. The van der Waals surface area contributed by atoms with Gasteiger partial charge in [-0.15, -0.1) is 0 Å². The number of hydrogen-bond acceptors (Lipinski definition) is 2. The van der Waals surface area contributed by atoms with E-state index in [4.69, 9.17) is 10.7 Å². The van der Waals surface area contributed by atoms with Gasteiger partial charge in [-0.1, -0.05) is 40.2 Å². The van der Waals surface area contributed by atoms with Crippen molar-refractivity contribution >= 4 is 17.1 Å². The fourth-order valence-corrected chi connectivity index (χ4v) is 2.54. The molecule has 106 valence electrons. The predicted molar refractivity (Wildman–Crippen MR) is 86.7 cm³/mol. The number of nitrogens with two attached hydrogens (primary N) is 1. The number of aliphatic imine (C=N–C) groups is 1. The molecule has 0 heterocycles. The van der Waals surface area contributed by atoms with Crippen molar-refractivity contribution in [2.75, 3.05) is 5.73 Å². The lowest BCUT2D eigenvalue weighted by Gasteiger charge is -2.16. The molecule has 0 saturated carbocycles. The summed E-state index contributed by atoms with van der Waals surface area (Å²) in [5.41, 5.74) is 13.4. The highest BCUT2D eigenvalue weighted by Gasteiger charge is 2.13. The summed E-state index contributed by atoms with van der Waals surface area (Å²) < 4.78 is 0. The lowest BCUT2D eigenvalue weighted by atomic mass is 9.95. The summed E-state index contributed by atoms with van der Waals surface area (Å²) in [7, 11) is 0. The highest BCUT2D eigenvalue weighted by atomic mass is 14.8. The van der Waals surface area contributed by atoms with E-state index in [1.165, 1.54) is 22.4 Å². The normalized spacial score (nSPS) is 11.9. The first-order valence-electron chi connectivity index (χ1n) is 7.56. The van der Waals surface area contributed by atoms with Gasteiger partial charge in [0.25, 0.3) is 0 Å². The van der Waals surface area contributed by atoms with Gasteiger partial charge in [-0.2, -0.15) is 0 Å². The van der Waals surface area contributed by atoms with E-state index in [0.29, 0.717) is 0 Å². The molecular weight excluding hydrogens is 232 g/mol. The third kappa shape index (κ3) is 3.59. The van der Waals surface area contributed by atoms with Crippen LogP contribution in [0.5, 0.6) is 0 Å². The van der Waals surface area contributed by atoms with Crippen LogP contribution in [0.1, 0.15) is 64.2 Å². The quantitative estimate of drug-likeness (QED) is 0.576. The molecule has 2 nitrogen and oxygen atoms in total. The summed E-state index contributed by atoms with van der Waals surface area (Å²) >= 11 is 0. The maximum atomic E-state index is 6.31. The van der Waals surface area contributed by atoms with E-state index >= 15 is 0 Å². The van der Waals surface area contributed by atoms with Crippen LogP contribution in [-0.2, 0) is 19.3 Å². The van der Waals surface area contributed by atoms with Crippen LogP contribution in [0.4, 0.5) is 11.4 Å². The molecule has 0 fully saturated rings. The van der Waals surface area contributed by atoms with E-state index in [9.17, 15) is 0 Å². The van der Waals surface area contributed by atoms with Gasteiger partial charge in [0.05, 0.1) is 5.69 Å². The molecule has 1 aromatic carbocycles. The Morgan fingerprint density at radius 2 is 1.68 bits per heavy atom. The lowest BCUT2D eigenvalue weighted by molar-refractivity contribution is 0.983. The van der Waals surface area contributed by atoms with Crippen molar-refractivity contribution in [1.29, 1.82) is 0 Å². The summed E-state index contributed by atoms with van der Waals surface area (Å²) in [6.07, 6.45) is 5.15. The van der Waals surface area contributed by atoms with Gasteiger partial charge in [0.15, 0.2) is 0 Å². The Hall–Kier alpha value is -1.31. The number of hydrogen-bond donors (Lipinski definition) is 1. The van der Waals surface area contributed by atoms with E-state index in [2.05, 4.69) is 40.7 Å². The predicted octanol–water partition coefficient (Wildman–Crippen LogP) is 4.85. The molecule has 0 aromatic heterocycles. The summed E-state index contributed by atoms with van der Waals surface area (Å²) in [4.78, 5) is 4.86. The second-order valence-corrected chi connectivity index (χ2v) is 5.09. The Morgan fingerprint density at radius 1 is 1.05 bits per heavy atom. The Balaban J connectivity index is 3.43. The molecule has 1 aromatic rings. The maximum Gasteiger partial charge on any atom is 0.0713 e. The molecule has 0 atom stereocenters. The number of anilines is 1. The van der Waals surface area contributed by atoms with Crippen molar-refractivity contribution in [3.63, 3.8) is 0 Å². The van der Waals surface area contributed by atoms with Crippen LogP contribution in [0.25, 0.3) is 0 Å². The SMILES string of the molecule is CCCC(C)=Nc1c(CC)cc(CC)c(N)c1CC. The molecule has 0 amide bonds. The first kappa shape index (κ1) is 15.7. The molecule has 0 radical (unpaired) electrons. The summed E-state index contributed by atoms with van der Waals surface area (Å²) in [5, 5.41) is 0. The van der Waals surface area contributed by atoms with Gasteiger partial charge in [0.1, 0.15) is 0 Å². The fraction of sp³-hybridized carbons (Fsp3) is 0.588. The Labute approximate surface area is 118 Å². The number of nitrogens with zero attached hydrogens (tertiary/aromatic N) is 1. The molecule has 2 N–H and O–H groups in total. The second-order valence-electron chi connectivity index (χ2n) is 5.09. The smallest absolute Gasteiger partial charge is 0.0713 e.